The molecule has 0 aliphatic carbocycles. The van der Waals surface area contributed by atoms with Gasteiger partial charge in [0, 0.05) is 0 Å². The molecule has 0 radical (unpaired) electrons. The highest BCUT2D eigenvalue weighted by Gasteiger charge is 2.04. The second-order valence-electron chi connectivity index (χ2n) is 2.79. The van der Waals surface area contributed by atoms with E-state index in [1.807, 2.05) is 0 Å². The van der Waals surface area contributed by atoms with Crippen molar-refractivity contribution in [2.24, 2.45) is 5.92 Å². The summed E-state index contributed by atoms with van der Waals surface area (Å²) in [7, 11) is 0. The Hall–Kier alpha value is -0.0400. The van der Waals surface area contributed by atoms with E-state index in [9.17, 15) is 0 Å². The van der Waals surface area contributed by atoms with Crippen LogP contribution in [0, 0.1) is 5.92 Å². The van der Waals surface area contributed by atoms with Gasteiger partial charge in [-0.05, 0) is 38.3 Å². The molecule has 1 heterocycles. The molecular weight excluding hydrogens is 98.1 g/mol. The van der Waals surface area contributed by atoms with Crippen molar-refractivity contribution in [1.29, 1.82) is 0 Å². The minimum Gasteiger partial charge on any atom is -0.317 e. The average Bonchev–Trinajstić information content (AvgIpc) is 1.94. The first-order valence-electron chi connectivity index (χ1n) is 3.60. The largest absolute Gasteiger partial charge is 0.317 e. The minimum absolute atomic E-state index is 0.963. The van der Waals surface area contributed by atoms with E-state index in [0.29, 0.717) is 0 Å². The molecule has 0 bridgehead atoms. The Morgan fingerprint density at radius 1 is 1.25 bits per heavy atom. The van der Waals surface area contributed by atoms with Crippen LogP contribution in [0.3, 0.4) is 0 Å². The maximum atomic E-state index is 3.38. The summed E-state index contributed by atoms with van der Waals surface area (Å²) in [4.78, 5) is 0. The van der Waals surface area contributed by atoms with Crippen LogP contribution in [0.15, 0.2) is 0 Å². The molecule has 48 valence electrons. The van der Waals surface area contributed by atoms with Crippen LogP contribution in [0.5, 0.6) is 0 Å². The highest BCUT2D eigenvalue weighted by atomic mass is 14.8. The van der Waals surface area contributed by atoms with Crippen LogP contribution >= 0.6 is 0 Å². The molecule has 1 heteroatoms. The zero-order chi connectivity index (χ0) is 5.82. The van der Waals surface area contributed by atoms with Crippen molar-refractivity contribution in [3.05, 3.63) is 0 Å². The molecule has 0 spiro atoms. The van der Waals surface area contributed by atoms with Gasteiger partial charge >= 0.3 is 0 Å². The van der Waals surface area contributed by atoms with Gasteiger partial charge in [0.25, 0.3) is 0 Å². The standard InChI is InChI=1S/C7H15N/c1-7-3-2-5-8-6-4-7/h7-8H,2-6H2,1H3/t7-/m0/s1. The predicted molar refractivity (Wildman–Crippen MR) is 35.9 cm³/mol. The summed E-state index contributed by atoms with van der Waals surface area (Å²) in [6.07, 6.45) is 4.17. The normalized spacial score (nSPS) is 31.9. The highest BCUT2D eigenvalue weighted by molar-refractivity contribution is 4.61. The Morgan fingerprint density at radius 2 is 2.12 bits per heavy atom. The van der Waals surface area contributed by atoms with E-state index in [-0.39, 0.29) is 0 Å². The first kappa shape index (κ1) is 6.09. The summed E-state index contributed by atoms with van der Waals surface area (Å²) in [6.45, 7) is 4.82. The van der Waals surface area contributed by atoms with Gasteiger partial charge < -0.3 is 5.32 Å². The molecule has 1 rings (SSSR count). The second-order valence-corrected chi connectivity index (χ2v) is 2.79. The summed E-state index contributed by atoms with van der Waals surface area (Å²) in [5, 5.41) is 3.38. The molecular formula is C7H15N. The lowest BCUT2D eigenvalue weighted by molar-refractivity contribution is 0.519. The van der Waals surface area contributed by atoms with E-state index in [1.165, 1.54) is 32.4 Å². The van der Waals surface area contributed by atoms with Crippen LogP contribution in [0.1, 0.15) is 26.2 Å². The fourth-order valence-electron chi connectivity index (χ4n) is 1.19. The lowest BCUT2D eigenvalue weighted by Crippen LogP contribution is -2.13. The van der Waals surface area contributed by atoms with E-state index >= 15 is 0 Å². The van der Waals surface area contributed by atoms with Crippen molar-refractivity contribution >= 4 is 0 Å². The van der Waals surface area contributed by atoms with Crippen molar-refractivity contribution in [2.45, 2.75) is 26.2 Å². The van der Waals surface area contributed by atoms with Crippen LogP contribution in [0.25, 0.3) is 0 Å². The van der Waals surface area contributed by atoms with E-state index in [1.54, 1.807) is 0 Å². The zero-order valence-corrected chi connectivity index (χ0v) is 5.61. The maximum Gasteiger partial charge on any atom is -0.00464 e. The fourth-order valence-corrected chi connectivity index (χ4v) is 1.19. The summed E-state index contributed by atoms with van der Waals surface area (Å²) >= 11 is 0. The third-order valence-electron chi connectivity index (χ3n) is 1.86. The van der Waals surface area contributed by atoms with Crippen LogP contribution < -0.4 is 5.32 Å². The van der Waals surface area contributed by atoms with Gasteiger partial charge in [0.05, 0.1) is 0 Å². The number of nitrogens with one attached hydrogen (secondary N) is 1. The lowest BCUT2D eigenvalue weighted by atomic mass is 10.0. The quantitative estimate of drug-likeness (QED) is 0.500. The monoisotopic (exact) mass is 113 g/mol. The van der Waals surface area contributed by atoms with Gasteiger partial charge in [0.1, 0.15) is 0 Å². The molecule has 1 atom stereocenters. The first-order valence-corrected chi connectivity index (χ1v) is 3.60. The van der Waals surface area contributed by atoms with Gasteiger partial charge in [0.2, 0.25) is 0 Å². The SMILES string of the molecule is C[C@H]1CCCNCC1. The minimum atomic E-state index is 0.963. The van der Waals surface area contributed by atoms with Crippen LogP contribution in [-0.4, -0.2) is 13.1 Å². The second kappa shape index (κ2) is 3.08. The summed E-state index contributed by atoms with van der Waals surface area (Å²) in [6, 6.07) is 0. The van der Waals surface area contributed by atoms with Gasteiger partial charge in [-0.2, -0.15) is 0 Å². The Balaban J connectivity index is 2.17. The number of rotatable bonds is 0. The smallest absolute Gasteiger partial charge is 0.00464 e. The molecule has 0 aromatic rings. The molecule has 1 fully saturated rings. The molecule has 0 amide bonds. The number of hydrogen-bond donors (Lipinski definition) is 1. The first-order chi connectivity index (χ1) is 3.89. The third-order valence-corrected chi connectivity index (χ3v) is 1.86. The zero-order valence-electron chi connectivity index (χ0n) is 5.61. The maximum absolute atomic E-state index is 3.38. The molecule has 1 aliphatic rings. The Kier molecular flexibility index (Phi) is 2.34. The van der Waals surface area contributed by atoms with Gasteiger partial charge in [-0.1, -0.05) is 6.92 Å². The van der Waals surface area contributed by atoms with E-state index in [0.717, 1.165) is 5.92 Å². The summed E-state index contributed by atoms with van der Waals surface area (Å²) in [5.41, 5.74) is 0. The van der Waals surface area contributed by atoms with Crippen LogP contribution in [0.4, 0.5) is 0 Å². The van der Waals surface area contributed by atoms with Crippen molar-refractivity contribution in [3.63, 3.8) is 0 Å². The van der Waals surface area contributed by atoms with Crippen molar-refractivity contribution in [3.8, 4) is 0 Å². The molecule has 1 saturated heterocycles. The van der Waals surface area contributed by atoms with Gasteiger partial charge in [0.15, 0.2) is 0 Å². The summed E-state index contributed by atoms with van der Waals surface area (Å²) in [5.74, 6) is 0.963. The topological polar surface area (TPSA) is 12.0 Å². The highest BCUT2D eigenvalue weighted by Crippen LogP contribution is 2.10. The molecule has 8 heavy (non-hydrogen) atoms. The van der Waals surface area contributed by atoms with Crippen molar-refractivity contribution in [2.75, 3.05) is 13.1 Å². The van der Waals surface area contributed by atoms with Gasteiger partial charge in [-0.15, -0.1) is 0 Å². The Labute approximate surface area is 51.5 Å². The van der Waals surface area contributed by atoms with Crippen LogP contribution in [0.2, 0.25) is 0 Å². The molecule has 0 aromatic carbocycles. The van der Waals surface area contributed by atoms with Crippen molar-refractivity contribution in [1.82, 2.24) is 5.32 Å². The van der Waals surface area contributed by atoms with E-state index < -0.39 is 0 Å². The van der Waals surface area contributed by atoms with E-state index in [4.69, 9.17) is 0 Å². The summed E-state index contributed by atoms with van der Waals surface area (Å²) < 4.78 is 0. The Bertz CT molecular complexity index is 53.4. The molecule has 0 aromatic heterocycles. The van der Waals surface area contributed by atoms with E-state index in [2.05, 4.69) is 12.2 Å². The molecule has 1 aliphatic heterocycles. The molecule has 0 unspecified atom stereocenters. The lowest BCUT2D eigenvalue weighted by Gasteiger charge is -2.02. The number of hydrogen-bond acceptors (Lipinski definition) is 1. The average molecular weight is 113 g/mol. The molecule has 1 N–H and O–H groups in total. The predicted octanol–water partition coefficient (Wildman–Crippen LogP) is 1.40. The third kappa shape index (κ3) is 1.83. The molecule has 0 saturated carbocycles. The molecule has 1 nitrogen and oxygen atoms in total. The van der Waals surface area contributed by atoms with Gasteiger partial charge in [-0.25, -0.2) is 0 Å². The van der Waals surface area contributed by atoms with Gasteiger partial charge in [-0.3, -0.25) is 0 Å². The van der Waals surface area contributed by atoms with Crippen LogP contribution in [-0.2, 0) is 0 Å². The fraction of sp³-hybridized carbons (Fsp3) is 1.00. The Morgan fingerprint density at radius 3 is 3.00 bits per heavy atom. The van der Waals surface area contributed by atoms with Crippen molar-refractivity contribution < 1.29 is 0 Å².